The molecule has 3 unspecified atom stereocenters. The van der Waals surface area contributed by atoms with E-state index < -0.39 is 75.7 Å². The van der Waals surface area contributed by atoms with E-state index in [0.717, 1.165) is 89.9 Å². The van der Waals surface area contributed by atoms with Gasteiger partial charge in [0.1, 0.15) is 43.2 Å². The normalized spacial score (nSPS) is 22.7. The maximum atomic E-state index is 12.8. The third kappa shape index (κ3) is 27.2. The molecule has 0 spiro atoms. The second-order valence-corrected chi connectivity index (χ2v) is 16.6. The average Bonchev–Trinajstić information content (AvgIpc) is 3.22. The number of phosphoric acid groups is 1. The van der Waals surface area contributed by atoms with E-state index in [4.69, 9.17) is 18.5 Å². The molecular formula is C45H75O14P. The van der Waals surface area contributed by atoms with Crippen molar-refractivity contribution in [2.75, 3.05) is 13.2 Å². The van der Waals surface area contributed by atoms with Gasteiger partial charge in [-0.2, -0.15) is 0 Å². The lowest BCUT2D eigenvalue weighted by Crippen LogP contribution is -2.64. The zero-order chi connectivity index (χ0) is 44.4. The zero-order valence-corrected chi connectivity index (χ0v) is 36.9. The van der Waals surface area contributed by atoms with Crippen molar-refractivity contribution < 1.29 is 67.9 Å². The van der Waals surface area contributed by atoms with Crippen LogP contribution in [0.5, 0.6) is 0 Å². The molecule has 0 radical (unpaired) electrons. The van der Waals surface area contributed by atoms with Gasteiger partial charge in [-0.05, 0) is 70.3 Å². The summed E-state index contributed by atoms with van der Waals surface area (Å²) >= 11 is 0. The zero-order valence-electron chi connectivity index (χ0n) is 36.0. The van der Waals surface area contributed by atoms with E-state index in [1.54, 1.807) is 12.2 Å². The molecule has 8 atom stereocenters. The molecule has 1 saturated carbocycles. The molecule has 0 aliphatic heterocycles. The maximum absolute atomic E-state index is 12.8. The van der Waals surface area contributed by atoms with Gasteiger partial charge in [-0.25, -0.2) is 4.57 Å². The van der Waals surface area contributed by atoms with E-state index in [1.807, 2.05) is 6.08 Å². The first-order valence-electron chi connectivity index (χ1n) is 22.0. The lowest BCUT2D eigenvalue weighted by atomic mass is 9.85. The molecule has 1 fully saturated rings. The molecule has 0 aromatic rings. The number of phosphoric ester groups is 1. The second-order valence-electron chi connectivity index (χ2n) is 15.2. The molecule has 15 heteroatoms. The number of hydrogen-bond donors (Lipinski definition) is 6. The van der Waals surface area contributed by atoms with Crippen molar-refractivity contribution in [1.29, 1.82) is 0 Å². The molecule has 60 heavy (non-hydrogen) atoms. The molecule has 0 amide bonds. The number of hydrogen-bond acceptors (Lipinski definition) is 13. The van der Waals surface area contributed by atoms with Crippen molar-refractivity contribution in [3.63, 3.8) is 0 Å². The Morgan fingerprint density at radius 3 is 1.73 bits per heavy atom. The molecule has 1 aliphatic rings. The number of ether oxygens (including phenoxy) is 2. The lowest BCUT2D eigenvalue weighted by Gasteiger charge is -2.41. The molecule has 14 nitrogen and oxygen atoms in total. The van der Waals surface area contributed by atoms with Gasteiger partial charge in [0.25, 0.3) is 0 Å². The van der Waals surface area contributed by atoms with Gasteiger partial charge < -0.3 is 39.9 Å². The number of allylic oxidation sites excluding steroid dienone is 10. The lowest BCUT2D eigenvalue weighted by molar-refractivity contribution is -0.220. The summed E-state index contributed by atoms with van der Waals surface area (Å²) in [7, 11) is -5.15. The molecule has 0 heterocycles. The number of rotatable bonds is 35. The molecule has 0 bridgehead atoms. The van der Waals surface area contributed by atoms with E-state index >= 15 is 0 Å². The van der Waals surface area contributed by atoms with Crippen molar-refractivity contribution in [3.05, 3.63) is 60.8 Å². The predicted octanol–water partition coefficient (Wildman–Crippen LogP) is 7.34. The molecule has 0 aromatic heterocycles. The highest BCUT2D eigenvalue weighted by atomic mass is 31.2. The standard InChI is InChI=1S/C45H75O14P/c1-3-5-7-9-11-12-13-14-15-16-17-18-20-24-29-33-39(48)58-37(35-57-60(54,55)59-45-43(52)41(50)40(49)42(51)44(45)53)34-56-38(47)32-28-25-21-23-27-31-36(46)30-26-22-19-10-8-6-4-2/h5,7,11-12,14-15,19,22,26,30,37,40-45,49-53H,3-4,6,8-10,13,16-18,20-21,23-25,27-29,31-35H2,1-2H3,(H,54,55)/b7-5-,12-11-,15-14-,22-19-,30-26+/t37-,40?,41-,42+,43-,44-,45?/m1/s1. The number of aliphatic hydroxyl groups is 5. The third-order valence-corrected chi connectivity index (χ3v) is 10.8. The number of ketones is 1. The van der Waals surface area contributed by atoms with Crippen LogP contribution in [-0.2, 0) is 37.5 Å². The Morgan fingerprint density at radius 1 is 0.583 bits per heavy atom. The highest BCUT2D eigenvalue weighted by Crippen LogP contribution is 2.47. The monoisotopic (exact) mass is 870 g/mol. The summed E-state index contributed by atoms with van der Waals surface area (Å²) in [6.45, 7) is 3.00. The number of unbranched alkanes of at least 4 members (excludes halogenated alkanes) is 12. The Balaban J connectivity index is 2.54. The molecule has 344 valence electrons. The van der Waals surface area contributed by atoms with Crippen LogP contribution in [0.4, 0.5) is 0 Å². The fourth-order valence-corrected chi connectivity index (χ4v) is 7.20. The molecule has 0 saturated heterocycles. The van der Waals surface area contributed by atoms with Crippen molar-refractivity contribution in [1.82, 2.24) is 0 Å². The molecule has 1 aliphatic carbocycles. The highest BCUT2D eigenvalue weighted by molar-refractivity contribution is 7.47. The van der Waals surface area contributed by atoms with Crippen molar-refractivity contribution in [2.45, 2.75) is 191 Å². The third-order valence-electron chi connectivity index (χ3n) is 9.82. The highest BCUT2D eigenvalue weighted by Gasteiger charge is 2.51. The molecule has 1 rings (SSSR count). The van der Waals surface area contributed by atoms with Gasteiger partial charge in [0.2, 0.25) is 0 Å². The Hall–Kier alpha value is -2.78. The van der Waals surface area contributed by atoms with Crippen molar-refractivity contribution >= 4 is 25.5 Å². The van der Waals surface area contributed by atoms with E-state index in [9.17, 15) is 49.4 Å². The van der Waals surface area contributed by atoms with Gasteiger partial charge in [0.05, 0.1) is 6.61 Å². The van der Waals surface area contributed by atoms with E-state index in [2.05, 4.69) is 56.4 Å². The predicted molar refractivity (Wildman–Crippen MR) is 231 cm³/mol. The van der Waals surface area contributed by atoms with Gasteiger partial charge in [-0.15, -0.1) is 0 Å². The van der Waals surface area contributed by atoms with Crippen LogP contribution >= 0.6 is 7.82 Å². The fourth-order valence-electron chi connectivity index (χ4n) is 6.22. The van der Waals surface area contributed by atoms with Gasteiger partial charge in [-0.1, -0.05) is 120 Å². The number of carbonyl (C=O) groups excluding carboxylic acids is 3. The number of carbonyl (C=O) groups is 3. The van der Waals surface area contributed by atoms with Crippen molar-refractivity contribution in [3.8, 4) is 0 Å². The maximum Gasteiger partial charge on any atom is 0.472 e. The topological polar surface area (TPSA) is 227 Å². The van der Waals surface area contributed by atoms with Crippen LogP contribution in [0.25, 0.3) is 0 Å². The second kappa shape index (κ2) is 34.8. The minimum absolute atomic E-state index is 0.0496. The van der Waals surface area contributed by atoms with Crippen LogP contribution in [0.2, 0.25) is 0 Å². The molecular weight excluding hydrogens is 795 g/mol. The molecule has 6 N–H and O–H groups in total. The largest absolute Gasteiger partial charge is 0.472 e. The van der Waals surface area contributed by atoms with Crippen LogP contribution in [-0.4, -0.2) is 104 Å². The first kappa shape index (κ1) is 55.2. The Bertz CT molecular complexity index is 1340. The Labute approximate surface area is 358 Å². The minimum Gasteiger partial charge on any atom is -0.462 e. The van der Waals surface area contributed by atoms with Crippen LogP contribution in [0.3, 0.4) is 0 Å². The summed E-state index contributed by atoms with van der Waals surface area (Å²) in [6, 6.07) is 0. The summed E-state index contributed by atoms with van der Waals surface area (Å²) in [5, 5.41) is 50.1. The van der Waals surface area contributed by atoms with Gasteiger partial charge in [0, 0.05) is 19.3 Å². The minimum atomic E-state index is -5.15. The average molecular weight is 871 g/mol. The smallest absolute Gasteiger partial charge is 0.462 e. The van der Waals surface area contributed by atoms with Crippen LogP contribution in [0, 0.1) is 0 Å². The first-order valence-corrected chi connectivity index (χ1v) is 23.5. The summed E-state index contributed by atoms with van der Waals surface area (Å²) in [5.41, 5.74) is 0. The van der Waals surface area contributed by atoms with Crippen LogP contribution < -0.4 is 0 Å². The number of aliphatic hydroxyl groups excluding tert-OH is 5. The SMILES string of the molecule is CC/C=C\C/C=C\C/C=C\CCCCCCCC(=O)O[C@H](COC(=O)CCCCCCCC(=O)/C=C/C=C\CCCCC)COP(=O)(O)OC1[C@H](O)[C@H](O)C(O)[C@H](O)[C@H]1O. The van der Waals surface area contributed by atoms with E-state index in [1.165, 1.54) is 12.8 Å². The summed E-state index contributed by atoms with van der Waals surface area (Å²) < 4.78 is 33.4. The van der Waals surface area contributed by atoms with Gasteiger partial charge >= 0.3 is 19.8 Å². The van der Waals surface area contributed by atoms with Crippen LogP contribution in [0.1, 0.15) is 149 Å². The summed E-state index contributed by atoms with van der Waals surface area (Å²) in [6.07, 6.45) is 23.8. The van der Waals surface area contributed by atoms with Crippen molar-refractivity contribution in [2.24, 2.45) is 0 Å². The van der Waals surface area contributed by atoms with E-state index in [-0.39, 0.29) is 18.6 Å². The quantitative estimate of drug-likeness (QED) is 0.00915. The van der Waals surface area contributed by atoms with Gasteiger partial charge in [0.15, 0.2) is 11.9 Å². The summed E-state index contributed by atoms with van der Waals surface area (Å²) in [5.74, 6) is -1.14. The fraction of sp³-hybridized carbons (Fsp3) is 0.711. The Kier molecular flexibility index (Phi) is 32.0. The van der Waals surface area contributed by atoms with E-state index in [0.29, 0.717) is 19.3 Å². The molecule has 0 aromatic carbocycles. The van der Waals surface area contributed by atoms with Crippen LogP contribution in [0.15, 0.2) is 60.8 Å². The Morgan fingerprint density at radius 2 is 1.10 bits per heavy atom. The van der Waals surface area contributed by atoms with Gasteiger partial charge in [-0.3, -0.25) is 23.4 Å². The number of esters is 2. The summed E-state index contributed by atoms with van der Waals surface area (Å²) in [4.78, 5) is 47.7. The first-order chi connectivity index (χ1) is 28.8.